The standard InChI is InChI=1S/C23H30N2O4.C2H4/c1-4-18(5-2)9-12-24-13-10-23(11-14-24)16-25(21(26)17(3)29-23)20-8-6-7-19(15-20)22(27)28;1-2/h4-8,15,17H,1,9-14,16H2,2-3H3,(H,27,28);1-2H2/b18-5+;. The van der Waals surface area contributed by atoms with Gasteiger partial charge in [0.15, 0.2) is 0 Å². The van der Waals surface area contributed by atoms with Gasteiger partial charge < -0.3 is 19.6 Å². The first-order chi connectivity index (χ1) is 14.9. The number of rotatable bonds is 6. The van der Waals surface area contributed by atoms with Crippen LogP contribution in [0.2, 0.25) is 0 Å². The van der Waals surface area contributed by atoms with E-state index >= 15 is 0 Å². The molecule has 2 saturated heterocycles. The maximum absolute atomic E-state index is 12.8. The summed E-state index contributed by atoms with van der Waals surface area (Å²) >= 11 is 0. The fourth-order valence-corrected chi connectivity index (χ4v) is 4.19. The molecule has 2 aliphatic rings. The Hall–Kier alpha value is -2.70. The second kappa shape index (κ2) is 11.1. The van der Waals surface area contributed by atoms with E-state index in [4.69, 9.17) is 4.74 Å². The van der Waals surface area contributed by atoms with Gasteiger partial charge in [-0.1, -0.05) is 30.4 Å². The monoisotopic (exact) mass is 426 g/mol. The molecule has 2 heterocycles. The van der Waals surface area contributed by atoms with Crippen LogP contribution >= 0.6 is 0 Å². The number of benzene rings is 1. The number of nitrogens with zero attached hydrogens (tertiary/aromatic N) is 2. The number of hydrogen-bond acceptors (Lipinski definition) is 4. The third-order valence-electron chi connectivity index (χ3n) is 6.01. The minimum Gasteiger partial charge on any atom is -0.478 e. The van der Waals surface area contributed by atoms with Crippen molar-refractivity contribution in [3.05, 3.63) is 67.3 Å². The number of carbonyl (C=O) groups is 2. The predicted octanol–water partition coefficient (Wildman–Crippen LogP) is 4.30. The van der Waals surface area contributed by atoms with E-state index in [-0.39, 0.29) is 17.1 Å². The lowest BCUT2D eigenvalue weighted by molar-refractivity contribution is -0.161. The van der Waals surface area contributed by atoms with Gasteiger partial charge in [-0.05, 0) is 51.3 Å². The van der Waals surface area contributed by atoms with E-state index in [2.05, 4.69) is 30.7 Å². The van der Waals surface area contributed by atoms with Crippen LogP contribution in [0.5, 0.6) is 0 Å². The van der Waals surface area contributed by atoms with Gasteiger partial charge in [-0.25, -0.2) is 4.79 Å². The number of amides is 1. The summed E-state index contributed by atoms with van der Waals surface area (Å²) in [6, 6.07) is 6.57. The molecule has 168 valence electrons. The second-order valence-electron chi connectivity index (χ2n) is 7.88. The smallest absolute Gasteiger partial charge is 0.335 e. The van der Waals surface area contributed by atoms with Crippen molar-refractivity contribution in [1.82, 2.24) is 4.90 Å². The van der Waals surface area contributed by atoms with Crippen LogP contribution in [0.3, 0.4) is 0 Å². The molecule has 31 heavy (non-hydrogen) atoms. The van der Waals surface area contributed by atoms with Gasteiger partial charge >= 0.3 is 5.97 Å². The Labute approximate surface area is 185 Å². The molecule has 0 radical (unpaired) electrons. The van der Waals surface area contributed by atoms with Crippen molar-refractivity contribution in [2.45, 2.75) is 44.8 Å². The molecule has 0 saturated carbocycles. The summed E-state index contributed by atoms with van der Waals surface area (Å²) in [5.74, 6) is -1.12. The number of carboxylic acids is 1. The Morgan fingerprint density at radius 2 is 2.00 bits per heavy atom. The van der Waals surface area contributed by atoms with Crippen molar-refractivity contribution in [3.8, 4) is 0 Å². The molecule has 6 nitrogen and oxygen atoms in total. The van der Waals surface area contributed by atoms with Crippen LogP contribution in [0.15, 0.2) is 61.7 Å². The number of hydrogen-bond donors (Lipinski definition) is 1. The number of carboxylic acid groups (broad SMARTS) is 1. The number of anilines is 1. The van der Waals surface area contributed by atoms with Gasteiger partial charge in [-0.3, -0.25) is 4.79 Å². The molecule has 1 amide bonds. The van der Waals surface area contributed by atoms with Crippen LogP contribution in [-0.2, 0) is 9.53 Å². The fraction of sp³-hybridized carbons (Fsp3) is 0.440. The van der Waals surface area contributed by atoms with Crippen molar-refractivity contribution in [3.63, 3.8) is 0 Å². The number of piperidine rings is 1. The summed E-state index contributed by atoms with van der Waals surface area (Å²) in [4.78, 5) is 28.2. The highest BCUT2D eigenvalue weighted by molar-refractivity contribution is 5.98. The normalized spacial score (nSPS) is 21.4. The third kappa shape index (κ3) is 5.93. The van der Waals surface area contributed by atoms with Crippen molar-refractivity contribution < 1.29 is 19.4 Å². The molecular weight excluding hydrogens is 392 g/mol. The number of aromatic carboxylic acids is 1. The molecule has 0 bridgehead atoms. The zero-order valence-corrected chi connectivity index (χ0v) is 18.7. The van der Waals surface area contributed by atoms with Gasteiger partial charge in [-0.2, -0.15) is 0 Å². The Morgan fingerprint density at radius 1 is 1.32 bits per heavy atom. The molecule has 1 N–H and O–H groups in total. The van der Waals surface area contributed by atoms with E-state index in [1.165, 1.54) is 11.6 Å². The molecule has 6 heteroatoms. The Morgan fingerprint density at radius 3 is 2.58 bits per heavy atom. The first-order valence-corrected chi connectivity index (χ1v) is 10.7. The average Bonchev–Trinajstić information content (AvgIpc) is 2.80. The highest BCUT2D eigenvalue weighted by atomic mass is 16.5. The molecule has 1 unspecified atom stereocenters. The topological polar surface area (TPSA) is 70.1 Å². The van der Waals surface area contributed by atoms with Crippen molar-refractivity contribution in [2.75, 3.05) is 31.1 Å². The van der Waals surface area contributed by atoms with E-state index in [1.807, 2.05) is 13.0 Å². The van der Waals surface area contributed by atoms with Gasteiger partial charge in [0.05, 0.1) is 17.7 Å². The van der Waals surface area contributed by atoms with Crippen LogP contribution in [0.25, 0.3) is 0 Å². The van der Waals surface area contributed by atoms with Crippen LogP contribution in [-0.4, -0.2) is 59.8 Å². The van der Waals surface area contributed by atoms with E-state index < -0.39 is 12.1 Å². The van der Waals surface area contributed by atoms with Crippen LogP contribution in [0.4, 0.5) is 5.69 Å². The zero-order chi connectivity index (χ0) is 23.0. The molecular formula is C25H34N2O4. The summed E-state index contributed by atoms with van der Waals surface area (Å²) in [7, 11) is 0. The molecule has 1 aromatic carbocycles. The van der Waals surface area contributed by atoms with Crippen LogP contribution in [0, 0.1) is 0 Å². The number of morpholine rings is 1. The molecule has 0 aromatic heterocycles. The summed E-state index contributed by atoms with van der Waals surface area (Å²) in [5.41, 5.74) is 1.67. The van der Waals surface area contributed by atoms with Crippen LogP contribution in [0.1, 0.15) is 43.5 Å². The number of carbonyl (C=O) groups excluding carboxylic acids is 1. The molecule has 2 aliphatic heterocycles. The van der Waals surface area contributed by atoms with E-state index in [9.17, 15) is 14.7 Å². The quantitative estimate of drug-likeness (QED) is 0.543. The first kappa shape index (κ1) is 24.6. The Kier molecular flexibility index (Phi) is 8.77. The van der Waals surface area contributed by atoms with Gasteiger partial charge in [0, 0.05) is 25.3 Å². The highest BCUT2D eigenvalue weighted by Gasteiger charge is 2.45. The van der Waals surface area contributed by atoms with E-state index in [0.717, 1.165) is 38.9 Å². The lowest BCUT2D eigenvalue weighted by Gasteiger charge is -2.49. The molecule has 2 fully saturated rings. The molecule has 0 aliphatic carbocycles. The molecule has 1 aromatic rings. The molecule has 1 spiro atoms. The SMILES string of the molecule is C=C.C=C/C(=C\C)CCN1CCC2(CC1)CN(c1cccc(C(=O)O)c1)C(=O)C(C)O2. The largest absolute Gasteiger partial charge is 0.478 e. The zero-order valence-electron chi connectivity index (χ0n) is 18.7. The average molecular weight is 427 g/mol. The minimum absolute atomic E-state index is 0.121. The lowest BCUT2D eigenvalue weighted by Crippen LogP contribution is -2.61. The summed E-state index contributed by atoms with van der Waals surface area (Å²) in [6.45, 7) is 16.9. The minimum atomic E-state index is -0.997. The maximum Gasteiger partial charge on any atom is 0.335 e. The van der Waals surface area contributed by atoms with Gasteiger partial charge in [0.2, 0.25) is 0 Å². The maximum atomic E-state index is 12.8. The Bertz CT molecular complexity index is 825. The lowest BCUT2D eigenvalue weighted by atomic mass is 9.88. The third-order valence-corrected chi connectivity index (χ3v) is 6.01. The Balaban J connectivity index is 0.00000166. The number of ether oxygens (including phenoxy) is 1. The van der Waals surface area contributed by atoms with Crippen molar-refractivity contribution >= 4 is 17.6 Å². The molecule has 3 rings (SSSR count). The van der Waals surface area contributed by atoms with Crippen molar-refractivity contribution in [1.29, 1.82) is 0 Å². The molecule has 1 atom stereocenters. The number of allylic oxidation sites excluding steroid dienone is 2. The second-order valence-corrected chi connectivity index (χ2v) is 7.88. The first-order valence-electron chi connectivity index (χ1n) is 10.7. The van der Waals surface area contributed by atoms with Gasteiger partial charge in [0.1, 0.15) is 6.10 Å². The van der Waals surface area contributed by atoms with Gasteiger partial charge in [-0.15, -0.1) is 13.2 Å². The van der Waals surface area contributed by atoms with Crippen molar-refractivity contribution in [2.24, 2.45) is 0 Å². The summed E-state index contributed by atoms with van der Waals surface area (Å²) in [5, 5.41) is 9.28. The highest BCUT2D eigenvalue weighted by Crippen LogP contribution is 2.35. The fourth-order valence-electron chi connectivity index (χ4n) is 4.19. The van der Waals surface area contributed by atoms with E-state index in [0.29, 0.717) is 12.2 Å². The van der Waals surface area contributed by atoms with Crippen LogP contribution < -0.4 is 4.90 Å². The van der Waals surface area contributed by atoms with E-state index in [1.54, 1.807) is 30.0 Å². The summed E-state index contributed by atoms with van der Waals surface area (Å²) in [6.07, 6.45) is 6.14. The number of likely N-dealkylation sites (tertiary alicyclic amines) is 1. The predicted molar refractivity (Wildman–Crippen MR) is 125 cm³/mol. The summed E-state index contributed by atoms with van der Waals surface area (Å²) < 4.78 is 6.21. The van der Waals surface area contributed by atoms with Gasteiger partial charge in [0.25, 0.3) is 5.91 Å².